The van der Waals surface area contributed by atoms with Gasteiger partial charge in [0.05, 0.1) is 19.3 Å². The van der Waals surface area contributed by atoms with E-state index in [-0.39, 0.29) is 12.1 Å². The number of rotatable bonds is 4. The SMILES string of the molecule is CCC(NOC)=C1[C@H]2NC(CC2O)C[C@@H]1c1ccc(I)cc1. The first-order chi connectivity index (χ1) is 10.6. The number of hydrogen-bond donors (Lipinski definition) is 3. The van der Waals surface area contributed by atoms with Gasteiger partial charge in [0.15, 0.2) is 0 Å². The summed E-state index contributed by atoms with van der Waals surface area (Å²) in [7, 11) is 1.64. The lowest BCUT2D eigenvalue weighted by Gasteiger charge is -2.35. The molecule has 2 saturated heterocycles. The van der Waals surface area contributed by atoms with Crippen molar-refractivity contribution in [1.29, 1.82) is 0 Å². The van der Waals surface area contributed by atoms with Gasteiger partial charge in [-0.25, -0.2) is 0 Å². The van der Waals surface area contributed by atoms with Crippen molar-refractivity contribution >= 4 is 22.6 Å². The molecule has 0 aliphatic carbocycles. The van der Waals surface area contributed by atoms with Crippen LogP contribution in [0.1, 0.15) is 37.7 Å². The summed E-state index contributed by atoms with van der Waals surface area (Å²) >= 11 is 2.33. The van der Waals surface area contributed by atoms with Crippen molar-refractivity contribution in [2.45, 2.75) is 50.3 Å². The van der Waals surface area contributed by atoms with Crippen LogP contribution in [0.3, 0.4) is 0 Å². The summed E-state index contributed by atoms with van der Waals surface area (Å²) < 4.78 is 1.24. The Labute approximate surface area is 145 Å². The van der Waals surface area contributed by atoms with E-state index >= 15 is 0 Å². The zero-order valence-electron chi connectivity index (χ0n) is 13.0. The average Bonchev–Trinajstić information content (AvgIpc) is 2.81. The quantitative estimate of drug-likeness (QED) is 0.524. The molecule has 5 heteroatoms. The summed E-state index contributed by atoms with van der Waals surface area (Å²) in [6.45, 7) is 2.12. The topological polar surface area (TPSA) is 53.5 Å². The number of nitrogens with one attached hydrogen (secondary N) is 2. The molecule has 0 amide bonds. The molecule has 22 heavy (non-hydrogen) atoms. The number of halogens is 1. The van der Waals surface area contributed by atoms with E-state index in [1.54, 1.807) is 7.11 Å². The molecule has 120 valence electrons. The summed E-state index contributed by atoms with van der Waals surface area (Å²) in [6.07, 6.45) is 2.41. The predicted octanol–water partition coefficient (Wildman–Crippen LogP) is 2.69. The summed E-state index contributed by atoms with van der Waals surface area (Å²) in [5, 5.41) is 14.0. The lowest BCUT2D eigenvalue weighted by atomic mass is 9.80. The van der Waals surface area contributed by atoms with Crippen molar-refractivity contribution in [1.82, 2.24) is 10.8 Å². The van der Waals surface area contributed by atoms with Crippen molar-refractivity contribution in [3.05, 3.63) is 44.7 Å². The maximum Gasteiger partial charge on any atom is 0.0747 e. The predicted molar refractivity (Wildman–Crippen MR) is 95.3 cm³/mol. The largest absolute Gasteiger partial charge is 0.391 e. The van der Waals surface area contributed by atoms with Crippen LogP contribution in [0.2, 0.25) is 0 Å². The van der Waals surface area contributed by atoms with Crippen LogP contribution in [0, 0.1) is 3.57 Å². The number of allylic oxidation sites excluding steroid dienone is 1. The molecule has 2 aliphatic rings. The minimum absolute atomic E-state index is 0.0284. The first-order valence-corrected chi connectivity index (χ1v) is 8.93. The molecule has 2 heterocycles. The van der Waals surface area contributed by atoms with Crippen LogP contribution in [0.25, 0.3) is 0 Å². The fourth-order valence-corrected chi connectivity index (χ4v) is 4.18. The summed E-state index contributed by atoms with van der Waals surface area (Å²) in [5.41, 5.74) is 6.71. The van der Waals surface area contributed by atoms with E-state index in [1.807, 2.05) is 0 Å². The van der Waals surface area contributed by atoms with E-state index in [0.29, 0.717) is 12.0 Å². The van der Waals surface area contributed by atoms with Crippen molar-refractivity contribution < 1.29 is 9.94 Å². The average molecular weight is 414 g/mol. The van der Waals surface area contributed by atoms with Crippen LogP contribution in [0.5, 0.6) is 0 Å². The number of hydrogen-bond acceptors (Lipinski definition) is 4. The summed E-state index contributed by atoms with van der Waals surface area (Å²) in [6, 6.07) is 9.16. The second-order valence-corrected chi connectivity index (χ2v) is 7.32. The first-order valence-electron chi connectivity index (χ1n) is 7.85. The molecule has 0 saturated carbocycles. The first kappa shape index (κ1) is 16.2. The third-order valence-corrected chi connectivity index (χ3v) is 5.48. The molecule has 2 bridgehead atoms. The Morgan fingerprint density at radius 2 is 2.09 bits per heavy atom. The molecule has 2 fully saturated rings. The van der Waals surface area contributed by atoms with Gasteiger partial charge in [-0.3, -0.25) is 10.3 Å². The molecule has 3 rings (SSSR count). The Morgan fingerprint density at radius 1 is 1.36 bits per heavy atom. The molecule has 4 atom stereocenters. The highest BCUT2D eigenvalue weighted by atomic mass is 127. The molecule has 3 N–H and O–H groups in total. The lowest BCUT2D eigenvalue weighted by molar-refractivity contribution is 0.111. The van der Waals surface area contributed by atoms with E-state index in [4.69, 9.17) is 4.84 Å². The van der Waals surface area contributed by atoms with Gasteiger partial charge in [-0.05, 0) is 65.1 Å². The zero-order valence-corrected chi connectivity index (χ0v) is 15.1. The highest BCUT2D eigenvalue weighted by molar-refractivity contribution is 14.1. The number of aliphatic hydroxyl groups is 1. The van der Waals surface area contributed by atoms with Gasteiger partial charge in [0, 0.05) is 21.2 Å². The zero-order chi connectivity index (χ0) is 15.7. The summed E-state index contributed by atoms with van der Waals surface area (Å²) in [5.74, 6) is 0.336. The van der Waals surface area contributed by atoms with Crippen LogP contribution >= 0.6 is 22.6 Å². The summed E-state index contributed by atoms with van der Waals surface area (Å²) in [4.78, 5) is 5.17. The van der Waals surface area contributed by atoms with E-state index < -0.39 is 0 Å². The highest BCUT2D eigenvalue weighted by Gasteiger charge is 2.44. The molecule has 0 spiro atoms. The van der Waals surface area contributed by atoms with Crippen molar-refractivity contribution in [2.24, 2.45) is 0 Å². The normalized spacial score (nSPS) is 32.9. The van der Waals surface area contributed by atoms with Gasteiger partial charge in [-0.15, -0.1) is 0 Å². The second-order valence-electron chi connectivity index (χ2n) is 6.08. The molecule has 0 radical (unpaired) electrons. The van der Waals surface area contributed by atoms with Crippen LogP contribution in [-0.4, -0.2) is 30.4 Å². The Morgan fingerprint density at radius 3 is 2.73 bits per heavy atom. The number of fused-ring (bicyclic) bond motifs is 2. The molecule has 4 nitrogen and oxygen atoms in total. The van der Waals surface area contributed by atoms with Crippen LogP contribution in [0.4, 0.5) is 0 Å². The fraction of sp³-hybridized carbons (Fsp3) is 0.529. The van der Waals surface area contributed by atoms with E-state index in [1.165, 1.54) is 14.7 Å². The van der Waals surface area contributed by atoms with Gasteiger partial charge >= 0.3 is 0 Å². The van der Waals surface area contributed by atoms with E-state index in [2.05, 4.69) is 64.6 Å². The van der Waals surface area contributed by atoms with Crippen LogP contribution in [0.15, 0.2) is 35.5 Å². The molecule has 2 aliphatic heterocycles. The molecular formula is C17H23IN2O2. The Kier molecular flexibility index (Phi) is 5.07. The monoisotopic (exact) mass is 414 g/mol. The minimum atomic E-state index is -0.311. The van der Waals surface area contributed by atoms with E-state index in [9.17, 15) is 5.11 Å². The molecule has 0 aromatic heterocycles. The van der Waals surface area contributed by atoms with Crippen LogP contribution < -0.4 is 10.8 Å². The minimum Gasteiger partial charge on any atom is -0.391 e. The standard InChI is InChI=1S/C17H23IN2O2/c1-3-14(20-22-2)16-13(10-4-6-11(18)7-5-10)8-12-9-15(21)17(16)19-12/h4-7,12-13,15,17,19-21H,3,8-9H2,1-2H3/t12?,13-,15?,17+/m1/s1. The number of benzene rings is 1. The fourth-order valence-electron chi connectivity index (χ4n) is 3.82. The maximum absolute atomic E-state index is 10.4. The third kappa shape index (κ3) is 3.04. The van der Waals surface area contributed by atoms with Gasteiger partial charge in [-0.2, -0.15) is 0 Å². The van der Waals surface area contributed by atoms with Crippen LogP contribution in [-0.2, 0) is 4.84 Å². The van der Waals surface area contributed by atoms with Gasteiger partial charge in [-0.1, -0.05) is 19.1 Å². The van der Waals surface area contributed by atoms with Gasteiger partial charge in [0.2, 0.25) is 0 Å². The lowest BCUT2D eigenvalue weighted by Crippen LogP contribution is -2.44. The molecule has 1 aromatic carbocycles. The highest BCUT2D eigenvalue weighted by Crippen LogP contribution is 2.43. The molecule has 1 aromatic rings. The smallest absolute Gasteiger partial charge is 0.0747 e. The Balaban J connectivity index is 2.04. The molecular weight excluding hydrogens is 391 g/mol. The van der Waals surface area contributed by atoms with Gasteiger partial charge in [0.25, 0.3) is 0 Å². The van der Waals surface area contributed by atoms with Gasteiger partial charge in [0.1, 0.15) is 0 Å². The Hall–Kier alpha value is -0.630. The van der Waals surface area contributed by atoms with Gasteiger partial charge < -0.3 is 10.4 Å². The number of aliphatic hydroxyl groups excluding tert-OH is 1. The second kappa shape index (κ2) is 6.86. The third-order valence-electron chi connectivity index (χ3n) is 4.76. The van der Waals surface area contributed by atoms with Crippen molar-refractivity contribution in [3.8, 4) is 0 Å². The van der Waals surface area contributed by atoms with E-state index in [0.717, 1.165) is 25.0 Å². The van der Waals surface area contributed by atoms with Crippen molar-refractivity contribution in [3.63, 3.8) is 0 Å². The van der Waals surface area contributed by atoms with Crippen molar-refractivity contribution in [2.75, 3.05) is 7.11 Å². The number of hydroxylamine groups is 1. The maximum atomic E-state index is 10.4. The number of piperidine rings is 1. The molecule has 2 unspecified atom stereocenters. The Bertz CT molecular complexity index is 558.